The summed E-state index contributed by atoms with van der Waals surface area (Å²) >= 11 is 0. The molecule has 2 rings (SSSR count). The highest BCUT2D eigenvalue weighted by atomic mass is 16.5. The standard InChI is InChI=1S/C19H22N2O3/c1-14(16-9-5-6-10-17(16)20)21-18(22)11-12-19(23)24-13-15-7-3-2-4-8-15/h2-10,14H,11-13,20H2,1H3,(H,21,22)/t14-/m1/s1. The molecule has 0 saturated heterocycles. The molecule has 1 atom stereocenters. The van der Waals surface area contributed by atoms with Gasteiger partial charge in [0.2, 0.25) is 5.91 Å². The minimum absolute atomic E-state index is 0.0512. The fourth-order valence-corrected chi connectivity index (χ4v) is 2.32. The van der Waals surface area contributed by atoms with E-state index in [1.54, 1.807) is 6.07 Å². The number of amides is 1. The molecule has 0 aliphatic rings. The molecule has 0 fully saturated rings. The lowest BCUT2D eigenvalue weighted by Crippen LogP contribution is -2.27. The zero-order valence-electron chi connectivity index (χ0n) is 13.7. The Bertz CT molecular complexity index is 686. The van der Waals surface area contributed by atoms with Crippen molar-refractivity contribution in [2.45, 2.75) is 32.4 Å². The van der Waals surface area contributed by atoms with E-state index in [4.69, 9.17) is 10.5 Å². The minimum atomic E-state index is -0.388. The maximum Gasteiger partial charge on any atom is 0.306 e. The first-order valence-electron chi connectivity index (χ1n) is 7.89. The van der Waals surface area contributed by atoms with Crippen LogP contribution in [-0.4, -0.2) is 11.9 Å². The first kappa shape index (κ1) is 17.5. The van der Waals surface area contributed by atoms with Crippen LogP contribution in [-0.2, 0) is 20.9 Å². The van der Waals surface area contributed by atoms with Crippen LogP contribution in [0.5, 0.6) is 0 Å². The Labute approximate surface area is 141 Å². The number of nitrogen functional groups attached to an aromatic ring is 1. The number of benzene rings is 2. The first-order chi connectivity index (χ1) is 11.6. The summed E-state index contributed by atoms with van der Waals surface area (Å²) in [6.45, 7) is 2.08. The lowest BCUT2D eigenvalue weighted by molar-refractivity contribution is -0.146. The molecule has 0 saturated carbocycles. The van der Waals surface area contributed by atoms with Gasteiger partial charge in [0.25, 0.3) is 0 Å². The van der Waals surface area contributed by atoms with Crippen LogP contribution in [0.15, 0.2) is 54.6 Å². The highest BCUT2D eigenvalue weighted by Gasteiger charge is 2.13. The average molecular weight is 326 g/mol. The molecule has 2 aromatic carbocycles. The molecule has 0 bridgehead atoms. The SMILES string of the molecule is C[C@@H](NC(=O)CCC(=O)OCc1ccccc1)c1ccccc1N. The zero-order chi connectivity index (χ0) is 17.4. The minimum Gasteiger partial charge on any atom is -0.461 e. The summed E-state index contributed by atoms with van der Waals surface area (Å²) < 4.78 is 5.15. The largest absolute Gasteiger partial charge is 0.461 e. The van der Waals surface area contributed by atoms with Crippen LogP contribution in [0.3, 0.4) is 0 Å². The van der Waals surface area contributed by atoms with Gasteiger partial charge in [-0.25, -0.2) is 0 Å². The van der Waals surface area contributed by atoms with E-state index in [9.17, 15) is 9.59 Å². The average Bonchev–Trinajstić information content (AvgIpc) is 2.59. The summed E-state index contributed by atoms with van der Waals surface area (Å²) in [6, 6.07) is 16.6. The molecule has 0 heterocycles. The third-order valence-electron chi connectivity index (χ3n) is 3.64. The molecule has 0 aromatic heterocycles. The third kappa shape index (κ3) is 5.43. The number of carbonyl (C=O) groups is 2. The molecule has 3 N–H and O–H groups in total. The van der Waals surface area contributed by atoms with Gasteiger partial charge in [0.05, 0.1) is 12.5 Å². The quantitative estimate of drug-likeness (QED) is 0.605. The summed E-state index contributed by atoms with van der Waals surface area (Å²) in [5, 5.41) is 2.84. The molecule has 24 heavy (non-hydrogen) atoms. The van der Waals surface area contributed by atoms with Gasteiger partial charge < -0.3 is 15.8 Å². The molecular weight excluding hydrogens is 304 g/mol. The van der Waals surface area contributed by atoms with Crippen molar-refractivity contribution in [3.63, 3.8) is 0 Å². The van der Waals surface area contributed by atoms with Crippen molar-refractivity contribution in [3.8, 4) is 0 Å². The maximum atomic E-state index is 12.0. The molecule has 5 nitrogen and oxygen atoms in total. The van der Waals surface area contributed by atoms with E-state index >= 15 is 0 Å². The second-order valence-corrected chi connectivity index (χ2v) is 5.56. The summed E-state index contributed by atoms with van der Waals surface area (Å²) in [4.78, 5) is 23.7. The van der Waals surface area contributed by atoms with Gasteiger partial charge in [-0.05, 0) is 24.1 Å². The number of nitrogens with two attached hydrogens (primary N) is 1. The van der Waals surface area contributed by atoms with Crippen LogP contribution in [0.1, 0.15) is 36.9 Å². The fourth-order valence-electron chi connectivity index (χ4n) is 2.32. The fraction of sp³-hybridized carbons (Fsp3) is 0.263. The van der Waals surface area contributed by atoms with Crippen molar-refractivity contribution < 1.29 is 14.3 Å². The van der Waals surface area contributed by atoms with Crippen molar-refractivity contribution in [1.82, 2.24) is 5.32 Å². The Kier molecular flexibility index (Phi) is 6.37. The summed E-state index contributed by atoms with van der Waals surface area (Å²) in [6.07, 6.45) is 0.139. The number of hydrogen-bond donors (Lipinski definition) is 2. The summed E-state index contributed by atoms with van der Waals surface area (Å²) in [5.74, 6) is -0.594. The Balaban J connectivity index is 1.72. The first-order valence-corrected chi connectivity index (χ1v) is 7.89. The van der Waals surface area contributed by atoms with E-state index in [-0.39, 0.29) is 37.4 Å². The number of carbonyl (C=O) groups excluding carboxylic acids is 2. The summed E-state index contributed by atoms with van der Waals surface area (Å²) in [5.41, 5.74) is 8.30. The van der Waals surface area contributed by atoms with E-state index < -0.39 is 0 Å². The van der Waals surface area contributed by atoms with Gasteiger partial charge in [0, 0.05) is 12.1 Å². The predicted octanol–water partition coefficient (Wildman–Crippen LogP) is 2.97. The zero-order valence-corrected chi connectivity index (χ0v) is 13.7. The van der Waals surface area contributed by atoms with Crippen LogP contribution < -0.4 is 11.1 Å². The molecule has 0 radical (unpaired) electrons. The van der Waals surface area contributed by atoms with Crippen LogP contribution >= 0.6 is 0 Å². The van der Waals surface area contributed by atoms with E-state index in [1.165, 1.54) is 0 Å². The Morgan fingerprint density at radius 3 is 2.42 bits per heavy atom. The van der Waals surface area contributed by atoms with Gasteiger partial charge in [-0.15, -0.1) is 0 Å². The number of nitrogens with one attached hydrogen (secondary N) is 1. The number of esters is 1. The lowest BCUT2D eigenvalue weighted by atomic mass is 10.1. The van der Waals surface area contributed by atoms with Crippen molar-refractivity contribution in [2.24, 2.45) is 0 Å². The molecule has 126 valence electrons. The van der Waals surface area contributed by atoms with Gasteiger partial charge in [-0.3, -0.25) is 9.59 Å². The Morgan fingerprint density at radius 2 is 1.71 bits per heavy atom. The van der Waals surface area contributed by atoms with Crippen molar-refractivity contribution >= 4 is 17.6 Å². The molecule has 5 heteroatoms. The van der Waals surface area contributed by atoms with Crippen LogP contribution in [0.25, 0.3) is 0 Å². The van der Waals surface area contributed by atoms with E-state index in [2.05, 4.69) is 5.32 Å². The summed E-state index contributed by atoms with van der Waals surface area (Å²) in [7, 11) is 0. The number of anilines is 1. The lowest BCUT2D eigenvalue weighted by Gasteiger charge is -2.16. The van der Waals surface area contributed by atoms with Crippen LogP contribution in [0, 0.1) is 0 Å². The maximum absolute atomic E-state index is 12.0. The normalized spacial score (nSPS) is 11.5. The molecule has 1 amide bonds. The van der Waals surface area contributed by atoms with Gasteiger partial charge in [-0.1, -0.05) is 48.5 Å². The third-order valence-corrected chi connectivity index (χ3v) is 3.64. The van der Waals surface area contributed by atoms with E-state index in [0.29, 0.717) is 5.69 Å². The molecule has 0 aliphatic carbocycles. The van der Waals surface area contributed by atoms with Gasteiger partial charge >= 0.3 is 5.97 Å². The van der Waals surface area contributed by atoms with Crippen molar-refractivity contribution in [3.05, 3.63) is 65.7 Å². The number of hydrogen-bond acceptors (Lipinski definition) is 4. The number of para-hydroxylation sites is 1. The predicted molar refractivity (Wildman–Crippen MR) is 92.9 cm³/mol. The second kappa shape index (κ2) is 8.72. The Hall–Kier alpha value is -2.82. The molecule has 0 unspecified atom stereocenters. The van der Waals surface area contributed by atoms with Crippen molar-refractivity contribution in [1.29, 1.82) is 0 Å². The Morgan fingerprint density at radius 1 is 1.04 bits per heavy atom. The molecule has 2 aromatic rings. The second-order valence-electron chi connectivity index (χ2n) is 5.56. The van der Waals surface area contributed by atoms with Gasteiger partial charge in [0.15, 0.2) is 0 Å². The topological polar surface area (TPSA) is 81.4 Å². The molecular formula is C19H22N2O3. The van der Waals surface area contributed by atoms with E-state index in [0.717, 1.165) is 11.1 Å². The smallest absolute Gasteiger partial charge is 0.306 e. The van der Waals surface area contributed by atoms with Crippen LogP contribution in [0.2, 0.25) is 0 Å². The van der Waals surface area contributed by atoms with E-state index in [1.807, 2.05) is 55.5 Å². The highest BCUT2D eigenvalue weighted by Crippen LogP contribution is 2.19. The van der Waals surface area contributed by atoms with Gasteiger partial charge in [-0.2, -0.15) is 0 Å². The number of rotatable bonds is 7. The monoisotopic (exact) mass is 326 g/mol. The molecule has 0 aliphatic heterocycles. The number of ether oxygens (including phenoxy) is 1. The van der Waals surface area contributed by atoms with Gasteiger partial charge in [0.1, 0.15) is 6.61 Å². The highest BCUT2D eigenvalue weighted by molar-refractivity contribution is 5.81. The van der Waals surface area contributed by atoms with Crippen molar-refractivity contribution in [2.75, 3.05) is 5.73 Å². The molecule has 0 spiro atoms. The van der Waals surface area contributed by atoms with Crippen LogP contribution in [0.4, 0.5) is 5.69 Å².